The maximum atomic E-state index is 13.1. The van der Waals surface area contributed by atoms with Gasteiger partial charge in [0.1, 0.15) is 5.75 Å². The molecule has 7 nitrogen and oxygen atoms in total. The third kappa shape index (κ3) is 6.49. The number of likely N-dealkylation sites (N-methyl/N-ethyl adjacent to an activating group) is 1. The van der Waals surface area contributed by atoms with Gasteiger partial charge in [-0.1, -0.05) is 48.6 Å². The van der Waals surface area contributed by atoms with Crippen LogP contribution in [0.25, 0.3) is 0 Å². The lowest BCUT2D eigenvalue weighted by atomic mass is 9.99. The number of nitrogens with one attached hydrogen (secondary N) is 3. The number of methoxy groups -OCH3 is 1. The van der Waals surface area contributed by atoms with Gasteiger partial charge in [-0.05, 0) is 61.6 Å². The number of hydrogen-bond acceptors (Lipinski definition) is 6. The molecule has 0 unspecified atom stereocenters. The van der Waals surface area contributed by atoms with Crippen LogP contribution in [0.3, 0.4) is 0 Å². The average molecular weight is 480 g/mol. The van der Waals surface area contributed by atoms with Gasteiger partial charge in [-0.2, -0.15) is 0 Å². The average Bonchev–Trinajstić information content (AvgIpc) is 3.23. The largest absolute Gasteiger partial charge is 0.497 e. The summed E-state index contributed by atoms with van der Waals surface area (Å²) in [5, 5.41) is 21.0. The Morgan fingerprint density at radius 1 is 1.14 bits per heavy atom. The van der Waals surface area contributed by atoms with E-state index < -0.39 is 12.1 Å². The van der Waals surface area contributed by atoms with E-state index in [2.05, 4.69) is 28.1 Å². The number of allylic oxidation sites excluding steroid dienone is 1. The van der Waals surface area contributed by atoms with Crippen LogP contribution in [-0.4, -0.2) is 56.5 Å². The summed E-state index contributed by atoms with van der Waals surface area (Å²) >= 11 is 0. The fourth-order valence-electron chi connectivity index (χ4n) is 4.96. The van der Waals surface area contributed by atoms with Crippen molar-refractivity contribution in [3.8, 4) is 5.75 Å². The van der Waals surface area contributed by atoms with Gasteiger partial charge in [-0.3, -0.25) is 4.79 Å². The Labute approximate surface area is 207 Å². The molecule has 4 rings (SSSR count). The molecule has 0 saturated heterocycles. The number of aliphatic hydroxyl groups excluding tert-OH is 1. The Balaban J connectivity index is 1.57. The van der Waals surface area contributed by atoms with Crippen molar-refractivity contribution in [2.75, 3.05) is 27.3 Å². The van der Waals surface area contributed by atoms with Gasteiger partial charge >= 0.3 is 0 Å². The highest BCUT2D eigenvalue weighted by molar-refractivity contribution is 5.82. The van der Waals surface area contributed by atoms with Crippen LogP contribution in [0, 0.1) is 0 Å². The number of carbonyl (C=O) groups is 1. The highest BCUT2D eigenvalue weighted by atomic mass is 16.5. The van der Waals surface area contributed by atoms with E-state index in [0.717, 1.165) is 35.3 Å². The van der Waals surface area contributed by atoms with Crippen molar-refractivity contribution in [2.45, 2.75) is 56.0 Å². The number of carbonyl (C=O) groups excluding carboxylic acids is 1. The molecule has 2 bridgehead atoms. The molecular weight excluding hydrogens is 442 g/mol. The van der Waals surface area contributed by atoms with Crippen molar-refractivity contribution >= 4 is 5.91 Å². The summed E-state index contributed by atoms with van der Waals surface area (Å²) in [5.41, 5.74) is 3.35. The molecule has 188 valence electrons. The lowest BCUT2D eigenvalue weighted by molar-refractivity contribution is -0.124. The van der Waals surface area contributed by atoms with Crippen molar-refractivity contribution in [1.29, 1.82) is 0 Å². The van der Waals surface area contributed by atoms with Crippen molar-refractivity contribution < 1.29 is 19.4 Å². The van der Waals surface area contributed by atoms with Crippen LogP contribution in [0.2, 0.25) is 0 Å². The molecule has 7 heteroatoms. The van der Waals surface area contributed by atoms with Gasteiger partial charge in [0.25, 0.3) is 0 Å². The number of ether oxygens (including phenoxy) is 2. The quantitative estimate of drug-likeness (QED) is 0.504. The summed E-state index contributed by atoms with van der Waals surface area (Å²) in [6.07, 6.45) is 6.07. The number of amides is 1. The Morgan fingerprint density at radius 3 is 2.74 bits per heavy atom. The van der Waals surface area contributed by atoms with Crippen LogP contribution in [-0.2, 0) is 16.0 Å². The molecule has 4 N–H and O–H groups in total. The Morgan fingerprint density at radius 2 is 1.97 bits per heavy atom. The molecule has 35 heavy (non-hydrogen) atoms. The number of aliphatic hydroxyl groups is 1. The van der Waals surface area contributed by atoms with Crippen LogP contribution >= 0.6 is 0 Å². The zero-order chi connectivity index (χ0) is 24.6. The molecule has 0 saturated carbocycles. The van der Waals surface area contributed by atoms with Crippen LogP contribution < -0.4 is 20.7 Å². The molecule has 0 radical (unpaired) electrons. The molecule has 0 aromatic heterocycles. The maximum absolute atomic E-state index is 13.1. The van der Waals surface area contributed by atoms with E-state index in [1.54, 1.807) is 14.2 Å². The van der Waals surface area contributed by atoms with E-state index in [9.17, 15) is 9.90 Å². The molecule has 1 amide bonds. The minimum Gasteiger partial charge on any atom is -0.497 e. The smallest absolute Gasteiger partial charge is 0.237 e. The molecule has 0 spiro atoms. The van der Waals surface area contributed by atoms with Crippen LogP contribution in [0.1, 0.15) is 48.1 Å². The first-order valence-electron chi connectivity index (χ1n) is 12.5. The van der Waals surface area contributed by atoms with Crippen LogP contribution in [0.4, 0.5) is 0 Å². The molecule has 1 aliphatic carbocycles. The van der Waals surface area contributed by atoms with Crippen molar-refractivity contribution in [2.24, 2.45) is 0 Å². The second kappa shape index (κ2) is 12.3. The number of hydrogen-bond donors (Lipinski definition) is 4. The summed E-state index contributed by atoms with van der Waals surface area (Å²) in [4.78, 5) is 13.1. The molecule has 1 aliphatic heterocycles. The molecular formula is C28H37N3O4. The molecule has 1 heterocycles. The number of benzene rings is 2. The Kier molecular flexibility index (Phi) is 8.93. The minimum atomic E-state index is -0.765. The Hall–Kier alpha value is -2.71. The maximum Gasteiger partial charge on any atom is 0.237 e. The highest BCUT2D eigenvalue weighted by Crippen LogP contribution is 2.42. The van der Waals surface area contributed by atoms with Crippen molar-refractivity contribution in [1.82, 2.24) is 16.0 Å². The van der Waals surface area contributed by atoms with E-state index in [0.29, 0.717) is 26.0 Å². The predicted molar refractivity (Wildman–Crippen MR) is 136 cm³/mol. The fourth-order valence-corrected chi connectivity index (χ4v) is 4.96. The first kappa shape index (κ1) is 25.4. The highest BCUT2D eigenvalue weighted by Gasteiger charge is 2.33. The first-order valence-corrected chi connectivity index (χ1v) is 12.5. The lowest BCUT2D eigenvalue weighted by Gasteiger charge is -2.28. The number of rotatable bonds is 4. The fraction of sp³-hybridized carbons (Fsp3) is 0.464. The van der Waals surface area contributed by atoms with E-state index in [1.165, 1.54) is 0 Å². The lowest BCUT2D eigenvalue weighted by Crippen LogP contribution is -2.53. The summed E-state index contributed by atoms with van der Waals surface area (Å²) in [6.45, 7) is 0.858. The third-order valence-corrected chi connectivity index (χ3v) is 6.98. The summed E-state index contributed by atoms with van der Waals surface area (Å²) in [5.74, 6) is 0.704. The zero-order valence-corrected chi connectivity index (χ0v) is 20.6. The summed E-state index contributed by atoms with van der Waals surface area (Å²) < 4.78 is 11.7. The van der Waals surface area contributed by atoms with E-state index in [1.807, 2.05) is 48.5 Å². The van der Waals surface area contributed by atoms with Gasteiger partial charge in [-0.25, -0.2) is 0 Å². The molecule has 2 aromatic rings. The van der Waals surface area contributed by atoms with Crippen LogP contribution in [0.5, 0.6) is 5.75 Å². The van der Waals surface area contributed by atoms with Gasteiger partial charge in [0.15, 0.2) is 0 Å². The topological polar surface area (TPSA) is 91.9 Å². The van der Waals surface area contributed by atoms with E-state index in [-0.39, 0.29) is 24.1 Å². The first-order chi connectivity index (χ1) is 17.1. The molecule has 2 aromatic carbocycles. The summed E-state index contributed by atoms with van der Waals surface area (Å²) in [6, 6.07) is 15.3. The van der Waals surface area contributed by atoms with Gasteiger partial charge < -0.3 is 30.5 Å². The predicted octanol–water partition coefficient (Wildman–Crippen LogP) is 2.81. The summed E-state index contributed by atoms with van der Waals surface area (Å²) in [7, 11) is 3.46. The van der Waals surface area contributed by atoms with Crippen molar-refractivity contribution in [3.63, 3.8) is 0 Å². The van der Waals surface area contributed by atoms with Crippen molar-refractivity contribution in [3.05, 3.63) is 77.4 Å². The zero-order valence-electron chi connectivity index (χ0n) is 20.6. The Bertz CT molecular complexity index is 997. The third-order valence-electron chi connectivity index (χ3n) is 6.98. The minimum absolute atomic E-state index is 0.0204. The van der Waals surface area contributed by atoms with Gasteiger partial charge in [-0.15, -0.1) is 0 Å². The second-order valence-corrected chi connectivity index (χ2v) is 9.28. The van der Waals surface area contributed by atoms with E-state index in [4.69, 9.17) is 9.47 Å². The van der Waals surface area contributed by atoms with Crippen LogP contribution in [0.15, 0.2) is 60.7 Å². The normalized spacial score (nSPS) is 27.7. The second-order valence-electron chi connectivity index (χ2n) is 9.28. The monoisotopic (exact) mass is 479 g/mol. The molecule has 5 atom stereocenters. The van der Waals surface area contributed by atoms with E-state index >= 15 is 0 Å². The number of fused-ring (bicyclic) bond motifs is 5. The van der Waals surface area contributed by atoms with Gasteiger partial charge in [0.2, 0.25) is 5.91 Å². The van der Waals surface area contributed by atoms with Gasteiger partial charge in [0.05, 0.1) is 38.0 Å². The standard InChI is InChI=1S/C28H37N3O4/c1-29-23-11-7-4-8-14-35-27-17-24(22-16-20(34-2)12-13-21(22)27)30-18-26(32)25(31-28(23)33)15-19-9-5-3-6-10-19/h3-6,8-10,12-13,16,23-27,29-30,32H,7,11,14-15,17-18H2,1-2H3,(H,31,33)/t23-,24-,25-,26+,27+/m0/s1. The molecule has 0 fully saturated rings. The SMILES string of the molecule is CN[C@H]1CCC=CCO[C@@H]2C[C@H](NC[C@@H](O)[C@H](Cc3ccccc3)NC1=O)c1cc(OC)ccc12. The van der Waals surface area contributed by atoms with Gasteiger partial charge in [0, 0.05) is 12.6 Å². The number of β-amino-alcohol motifs (C(OH)–C–C–N with tert-alkyl or cyclic N) is 1. The molecule has 2 aliphatic rings.